The van der Waals surface area contributed by atoms with Crippen LogP contribution in [0.2, 0.25) is 0 Å². The fourth-order valence-corrected chi connectivity index (χ4v) is 4.33. The Morgan fingerprint density at radius 3 is 2.56 bits per heavy atom. The van der Waals surface area contributed by atoms with Crippen molar-refractivity contribution >= 4 is 29.3 Å². The number of nitrogens with zero attached hydrogens (tertiary/aromatic N) is 3. The minimum Gasteiger partial charge on any atom is -0.342 e. The molecule has 0 saturated heterocycles. The lowest BCUT2D eigenvalue weighted by Gasteiger charge is -2.22. The number of carbonyl (C=O) groups excluding carboxylic acids is 2. The Morgan fingerprint density at radius 2 is 1.88 bits per heavy atom. The Bertz CT molecular complexity index is 1180. The van der Waals surface area contributed by atoms with Gasteiger partial charge in [-0.2, -0.15) is 0 Å². The molecule has 0 fully saturated rings. The van der Waals surface area contributed by atoms with Crippen molar-refractivity contribution in [1.82, 2.24) is 20.1 Å². The number of amides is 2. The zero-order valence-corrected chi connectivity index (χ0v) is 20.9. The van der Waals surface area contributed by atoms with Crippen molar-refractivity contribution in [3.8, 4) is 0 Å². The fourth-order valence-electron chi connectivity index (χ4n) is 3.52. The average Bonchev–Trinajstić information content (AvgIpc) is 3.20. The molecule has 3 aromatic rings. The van der Waals surface area contributed by atoms with Gasteiger partial charge in [0.15, 0.2) is 11.0 Å². The molecule has 0 radical (unpaired) electrons. The molecular weight excluding hydrogens is 453 g/mol. The van der Waals surface area contributed by atoms with Gasteiger partial charge in [0.1, 0.15) is 5.82 Å². The van der Waals surface area contributed by atoms with Crippen molar-refractivity contribution < 1.29 is 14.0 Å². The number of rotatable bonds is 9. The summed E-state index contributed by atoms with van der Waals surface area (Å²) >= 11 is 1.25. The smallest absolute Gasteiger partial charge is 0.251 e. The van der Waals surface area contributed by atoms with E-state index in [0.29, 0.717) is 28.8 Å². The van der Waals surface area contributed by atoms with Crippen molar-refractivity contribution in [2.45, 2.75) is 52.4 Å². The molecule has 0 unspecified atom stereocenters. The number of benzene rings is 2. The van der Waals surface area contributed by atoms with Crippen molar-refractivity contribution in [3.63, 3.8) is 0 Å². The molecule has 180 valence electrons. The van der Waals surface area contributed by atoms with Crippen LogP contribution in [0, 0.1) is 25.6 Å². The largest absolute Gasteiger partial charge is 0.342 e. The molecule has 0 spiro atoms. The number of aryl methyl sites for hydroxylation is 2. The van der Waals surface area contributed by atoms with E-state index in [4.69, 9.17) is 0 Å². The normalized spacial score (nSPS) is 12.0. The summed E-state index contributed by atoms with van der Waals surface area (Å²) in [5.41, 5.74) is 2.83. The van der Waals surface area contributed by atoms with E-state index in [1.807, 2.05) is 50.5 Å². The fraction of sp³-hybridized carbons (Fsp3) is 0.360. The quantitative estimate of drug-likeness (QED) is 0.422. The summed E-state index contributed by atoms with van der Waals surface area (Å²) in [6, 6.07) is 11.4. The highest BCUT2D eigenvalue weighted by molar-refractivity contribution is 7.99. The Labute approximate surface area is 203 Å². The average molecular weight is 484 g/mol. The summed E-state index contributed by atoms with van der Waals surface area (Å²) in [6.07, 6.45) is 0. The summed E-state index contributed by atoms with van der Waals surface area (Å²) in [5.74, 6) is -0.0407. The molecule has 2 aromatic carbocycles. The highest BCUT2D eigenvalue weighted by Crippen LogP contribution is 2.26. The van der Waals surface area contributed by atoms with E-state index in [-0.39, 0.29) is 29.5 Å². The Kier molecular flexibility index (Phi) is 8.44. The van der Waals surface area contributed by atoms with Gasteiger partial charge < -0.3 is 15.2 Å². The Morgan fingerprint density at radius 1 is 1.12 bits per heavy atom. The summed E-state index contributed by atoms with van der Waals surface area (Å²) in [6.45, 7) is 10.3. The lowest BCUT2D eigenvalue weighted by atomic mass is 10.0. The third kappa shape index (κ3) is 6.22. The molecule has 2 N–H and O–H groups in total. The number of anilines is 1. The first-order chi connectivity index (χ1) is 16.2. The molecule has 0 saturated carbocycles. The number of hydrogen-bond acceptors (Lipinski definition) is 5. The number of nitrogens with one attached hydrogen (secondary N) is 2. The second kappa shape index (κ2) is 11.3. The minimum atomic E-state index is -0.406. The Balaban J connectivity index is 1.72. The molecular formula is C25H30FN5O2S. The van der Waals surface area contributed by atoms with Crippen LogP contribution in [0.25, 0.3) is 0 Å². The van der Waals surface area contributed by atoms with Gasteiger partial charge in [-0.25, -0.2) is 4.39 Å². The van der Waals surface area contributed by atoms with Crippen LogP contribution in [0.4, 0.5) is 10.1 Å². The van der Waals surface area contributed by atoms with E-state index in [9.17, 15) is 14.0 Å². The van der Waals surface area contributed by atoms with Crippen LogP contribution in [-0.4, -0.2) is 32.3 Å². The van der Waals surface area contributed by atoms with Crippen LogP contribution in [0.15, 0.2) is 47.6 Å². The van der Waals surface area contributed by atoms with Gasteiger partial charge in [0, 0.05) is 17.8 Å². The maximum atomic E-state index is 13.5. The maximum absolute atomic E-state index is 13.5. The molecule has 3 rings (SSSR count). The zero-order chi connectivity index (χ0) is 24.8. The molecule has 0 aliphatic heterocycles. The van der Waals surface area contributed by atoms with Crippen LogP contribution >= 0.6 is 11.8 Å². The first-order valence-electron chi connectivity index (χ1n) is 11.2. The third-order valence-electron chi connectivity index (χ3n) is 5.38. The van der Waals surface area contributed by atoms with Crippen LogP contribution in [0.1, 0.15) is 54.1 Å². The molecule has 0 bridgehead atoms. The van der Waals surface area contributed by atoms with Gasteiger partial charge in [0.05, 0.1) is 11.8 Å². The summed E-state index contributed by atoms with van der Waals surface area (Å²) in [4.78, 5) is 25.3. The minimum absolute atomic E-state index is 0.0698. The topological polar surface area (TPSA) is 88.9 Å². The maximum Gasteiger partial charge on any atom is 0.251 e. The predicted molar refractivity (Wildman–Crippen MR) is 132 cm³/mol. The van der Waals surface area contributed by atoms with Gasteiger partial charge in [-0.05, 0) is 56.5 Å². The van der Waals surface area contributed by atoms with Gasteiger partial charge >= 0.3 is 0 Å². The molecule has 0 aliphatic rings. The van der Waals surface area contributed by atoms with E-state index in [0.717, 1.165) is 11.1 Å². The van der Waals surface area contributed by atoms with Crippen LogP contribution in [0.5, 0.6) is 0 Å². The molecule has 7 nitrogen and oxygen atoms in total. The van der Waals surface area contributed by atoms with Gasteiger partial charge in [-0.1, -0.05) is 49.4 Å². The first kappa shape index (κ1) is 25.4. The molecule has 1 aromatic heterocycles. The van der Waals surface area contributed by atoms with Gasteiger partial charge in [0.25, 0.3) is 5.91 Å². The molecule has 34 heavy (non-hydrogen) atoms. The molecule has 0 aliphatic carbocycles. The number of hydrogen-bond donors (Lipinski definition) is 2. The van der Waals surface area contributed by atoms with Crippen LogP contribution in [0.3, 0.4) is 0 Å². The van der Waals surface area contributed by atoms with Crippen molar-refractivity contribution in [1.29, 1.82) is 0 Å². The highest BCUT2D eigenvalue weighted by atomic mass is 32.2. The summed E-state index contributed by atoms with van der Waals surface area (Å²) in [5, 5.41) is 15.0. The monoisotopic (exact) mass is 483 g/mol. The third-order valence-corrected chi connectivity index (χ3v) is 6.35. The molecule has 9 heteroatoms. The van der Waals surface area contributed by atoms with Crippen molar-refractivity contribution in [2.24, 2.45) is 5.92 Å². The molecule has 2 amide bonds. The number of carbonyl (C=O) groups is 2. The lowest BCUT2D eigenvalue weighted by Crippen LogP contribution is -2.33. The number of aromatic nitrogens is 3. The molecule has 1 atom stereocenters. The van der Waals surface area contributed by atoms with E-state index in [1.54, 1.807) is 19.1 Å². The van der Waals surface area contributed by atoms with Crippen molar-refractivity contribution in [3.05, 3.63) is 70.8 Å². The van der Waals surface area contributed by atoms with Crippen LogP contribution < -0.4 is 10.6 Å². The number of thioether (sulfide) groups is 1. The predicted octanol–water partition coefficient (Wildman–Crippen LogP) is 4.91. The zero-order valence-electron chi connectivity index (χ0n) is 20.1. The molecule has 1 heterocycles. The summed E-state index contributed by atoms with van der Waals surface area (Å²) in [7, 11) is 0. The van der Waals surface area contributed by atoms with Gasteiger partial charge in [-0.3, -0.25) is 9.59 Å². The van der Waals surface area contributed by atoms with Gasteiger partial charge in [0.2, 0.25) is 5.91 Å². The highest BCUT2D eigenvalue weighted by Gasteiger charge is 2.26. The standard InChI is InChI=1S/C25H30FN5O2S/c1-6-31-23(22(15(2)3)28-24(33)18-9-7-8-16(4)12-18)29-30-25(31)34-14-21(32)27-20-13-19(26)11-10-17(20)5/h7-13,15,22H,6,14H2,1-5H3,(H,27,32)(H,28,33)/t22-/m1/s1. The van der Waals surface area contributed by atoms with E-state index in [1.165, 1.54) is 23.9 Å². The van der Waals surface area contributed by atoms with Crippen LogP contribution in [-0.2, 0) is 11.3 Å². The summed E-state index contributed by atoms with van der Waals surface area (Å²) < 4.78 is 15.4. The van der Waals surface area contributed by atoms with E-state index < -0.39 is 5.82 Å². The number of halogens is 1. The second-order valence-corrected chi connectivity index (χ2v) is 9.39. The van der Waals surface area contributed by atoms with Crippen molar-refractivity contribution in [2.75, 3.05) is 11.1 Å². The first-order valence-corrected chi connectivity index (χ1v) is 12.2. The van der Waals surface area contributed by atoms with Gasteiger partial charge in [-0.15, -0.1) is 10.2 Å². The second-order valence-electron chi connectivity index (χ2n) is 8.45. The van der Waals surface area contributed by atoms with E-state index in [2.05, 4.69) is 20.8 Å². The lowest BCUT2D eigenvalue weighted by molar-refractivity contribution is -0.113. The van der Waals surface area contributed by atoms with E-state index >= 15 is 0 Å². The SMILES string of the molecule is CCn1c(SCC(=O)Nc2cc(F)ccc2C)nnc1[C@H](NC(=O)c1cccc(C)c1)C(C)C. The Hall–Kier alpha value is -3.20.